The van der Waals surface area contributed by atoms with Crippen molar-refractivity contribution in [2.24, 2.45) is 0 Å². The number of hydrogen-bond acceptors (Lipinski definition) is 11. The van der Waals surface area contributed by atoms with E-state index >= 15 is 0 Å². The lowest BCUT2D eigenvalue weighted by molar-refractivity contribution is -0.190. The van der Waals surface area contributed by atoms with Crippen molar-refractivity contribution in [3.63, 3.8) is 0 Å². The molecule has 0 aliphatic carbocycles. The summed E-state index contributed by atoms with van der Waals surface area (Å²) in [6.07, 6.45) is -4.44. The second kappa shape index (κ2) is 12.6. The summed E-state index contributed by atoms with van der Waals surface area (Å²) in [5, 5.41) is 13.5. The van der Waals surface area contributed by atoms with Crippen LogP contribution in [0.1, 0.15) is 34.1 Å². The number of aliphatic hydroxyl groups is 1. The van der Waals surface area contributed by atoms with Crippen molar-refractivity contribution in [2.75, 3.05) is 13.7 Å². The average Bonchev–Trinajstić information content (AvgIpc) is 2.71. The van der Waals surface area contributed by atoms with Crippen LogP contribution in [0.15, 0.2) is 24.0 Å². The summed E-state index contributed by atoms with van der Waals surface area (Å²) in [5.74, 6) is -4.24. The number of carbonyl (C=O) groups is 5. The summed E-state index contributed by atoms with van der Waals surface area (Å²) in [5.41, 5.74) is 0.0671. The van der Waals surface area contributed by atoms with E-state index in [1.54, 1.807) is 0 Å². The Kier molecular flexibility index (Phi) is 10.5. The third kappa shape index (κ3) is 7.90. The van der Waals surface area contributed by atoms with Gasteiger partial charge in [0, 0.05) is 33.3 Å². The minimum absolute atomic E-state index is 0.00740. The monoisotopic (exact) mass is 471 g/mol. The zero-order chi connectivity index (χ0) is 25.3. The predicted molar refractivity (Wildman–Crippen MR) is 110 cm³/mol. The predicted octanol–water partition coefficient (Wildman–Crippen LogP) is -0.319. The Morgan fingerprint density at radius 1 is 1.09 bits per heavy atom. The lowest BCUT2D eigenvalue weighted by Gasteiger charge is -2.42. The van der Waals surface area contributed by atoms with Gasteiger partial charge in [0.25, 0.3) is 0 Å². The van der Waals surface area contributed by atoms with Gasteiger partial charge in [-0.15, -0.1) is 6.58 Å². The number of methoxy groups -OCH3 is 1. The molecule has 0 fully saturated rings. The van der Waals surface area contributed by atoms with Crippen LogP contribution in [0.5, 0.6) is 0 Å². The van der Waals surface area contributed by atoms with Gasteiger partial charge in [0.1, 0.15) is 12.7 Å². The minimum Gasteiger partial charge on any atom is -0.477 e. The first-order chi connectivity index (χ1) is 15.4. The smallest absolute Gasteiger partial charge is 0.373 e. The first kappa shape index (κ1) is 27.6. The van der Waals surface area contributed by atoms with Gasteiger partial charge in [-0.05, 0) is 6.42 Å². The molecule has 1 heterocycles. The van der Waals surface area contributed by atoms with E-state index < -0.39 is 66.8 Å². The highest BCUT2D eigenvalue weighted by atomic mass is 16.6. The molecule has 1 rings (SSSR count). The lowest BCUT2D eigenvalue weighted by atomic mass is 9.87. The van der Waals surface area contributed by atoms with Crippen molar-refractivity contribution >= 4 is 29.8 Å². The Morgan fingerprint density at radius 3 is 2.15 bits per heavy atom. The van der Waals surface area contributed by atoms with Crippen molar-refractivity contribution in [3.05, 3.63) is 24.0 Å². The third-order valence-corrected chi connectivity index (χ3v) is 4.46. The normalized spacial score (nSPS) is 21.6. The van der Waals surface area contributed by atoms with Crippen LogP contribution in [-0.2, 0) is 47.7 Å². The molecule has 0 aromatic heterocycles. The maximum atomic E-state index is 12.4. The molecule has 5 atom stereocenters. The Hall–Kier alpha value is -3.41. The molecule has 2 N–H and O–H groups in total. The van der Waals surface area contributed by atoms with Gasteiger partial charge in [-0.25, -0.2) is 4.79 Å². The van der Waals surface area contributed by atoms with E-state index in [9.17, 15) is 29.1 Å². The Bertz CT molecular complexity index is 819. The number of esters is 4. The van der Waals surface area contributed by atoms with E-state index in [1.165, 1.54) is 13.0 Å². The molecule has 33 heavy (non-hydrogen) atoms. The molecule has 0 unspecified atom stereocenters. The summed E-state index contributed by atoms with van der Waals surface area (Å²) < 4.78 is 25.9. The zero-order valence-corrected chi connectivity index (χ0v) is 19.1. The Morgan fingerprint density at radius 2 is 1.70 bits per heavy atom. The maximum absolute atomic E-state index is 12.4. The van der Waals surface area contributed by atoms with Crippen LogP contribution in [-0.4, -0.2) is 79.1 Å². The number of hydrogen-bond donors (Lipinski definition) is 2. The number of amides is 1. The van der Waals surface area contributed by atoms with E-state index in [1.807, 2.05) is 0 Å². The second-order valence-electron chi connectivity index (χ2n) is 7.12. The third-order valence-electron chi connectivity index (χ3n) is 4.46. The van der Waals surface area contributed by atoms with E-state index in [2.05, 4.69) is 11.9 Å². The lowest BCUT2D eigenvalue weighted by Crippen LogP contribution is -2.62. The average molecular weight is 471 g/mol. The summed E-state index contributed by atoms with van der Waals surface area (Å²) in [6.45, 7) is 7.48. The maximum Gasteiger partial charge on any atom is 0.373 e. The van der Waals surface area contributed by atoms with Gasteiger partial charge < -0.3 is 34.1 Å². The number of allylic oxidation sites excluding steroid dienone is 1. The highest BCUT2D eigenvalue weighted by Crippen LogP contribution is 2.32. The van der Waals surface area contributed by atoms with Crippen LogP contribution < -0.4 is 5.32 Å². The fraction of sp³-hybridized carbons (Fsp3) is 0.571. The minimum atomic E-state index is -1.51. The number of rotatable bonds is 10. The van der Waals surface area contributed by atoms with Crippen LogP contribution in [0.3, 0.4) is 0 Å². The van der Waals surface area contributed by atoms with Crippen molar-refractivity contribution in [1.82, 2.24) is 5.32 Å². The topological polar surface area (TPSA) is 164 Å². The highest BCUT2D eigenvalue weighted by Gasteiger charge is 2.49. The molecule has 1 aliphatic heterocycles. The summed E-state index contributed by atoms with van der Waals surface area (Å²) in [6, 6.07) is -1.26. The van der Waals surface area contributed by atoms with Crippen LogP contribution in [0.2, 0.25) is 0 Å². The van der Waals surface area contributed by atoms with Crippen molar-refractivity contribution in [2.45, 2.75) is 64.6 Å². The molecule has 184 valence electrons. The first-order valence-corrected chi connectivity index (χ1v) is 9.94. The second-order valence-corrected chi connectivity index (χ2v) is 7.12. The molecule has 1 aliphatic rings. The Labute approximate surface area is 190 Å². The molecule has 12 nitrogen and oxygen atoms in total. The van der Waals surface area contributed by atoms with Gasteiger partial charge >= 0.3 is 23.9 Å². The van der Waals surface area contributed by atoms with E-state index in [4.69, 9.17) is 23.7 Å². The van der Waals surface area contributed by atoms with Gasteiger partial charge in [0.05, 0.1) is 13.2 Å². The fourth-order valence-corrected chi connectivity index (χ4v) is 3.28. The van der Waals surface area contributed by atoms with Crippen LogP contribution >= 0.6 is 0 Å². The van der Waals surface area contributed by atoms with Gasteiger partial charge in [0.15, 0.2) is 18.3 Å². The molecule has 0 saturated heterocycles. The number of aliphatic hydroxyl groups excluding tert-OH is 1. The number of carbonyl (C=O) groups excluding carboxylic acids is 5. The zero-order valence-electron chi connectivity index (χ0n) is 19.1. The molecule has 12 heteroatoms. The quantitative estimate of drug-likeness (QED) is 0.244. The molecule has 0 bridgehead atoms. The highest BCUT2D eigenvalue weighted by molar-refractivity contribution is 5.87. The van der Waals surface area contributed by atoms with E-state index in [-0.39, 0.29) is 17.8 Å². The standard InChI is InChI=1S/C21H29NO11/c1-7-8-14-17(27)16(22-10(2)23)20(33-18(14)21(28)29-6)19(32-13(5)26)15(31-12(4)25)9-30-11(3)24/h7,15-17,19-20,27H,1,8-9H2,2-6H3,(H,22,23)/t15-,16-,17+,19-,20-/m1/s1. The van der Waals surface area contributed by atoms with Gasteiger partial charge in [-0.3, -0.25) is 19.2 Å². The molecule has 0 aromatic rings. The first-order valence-electron chi connectivity index (χ1n) is 9.94. The van der Waals surface area contributed by atoms with Gasteiger partial charge in [-0.2, -0.15) is 0 Å². The molecule has 0 aromatic carbocycles. The van der Waals surface area contributed by atoms with E-state index in [0.717, 1.165) is 27.9 Å². The molecule has 0 radical (unpaired) electrons. The van der Waals surface area contributed by atoms with Crippen molar-refractivity contribution < 1.29 is 52.8 Å². The molecular formula is C21H29NO11. The molecule has 0 spiro atoms. The summed E-state index contributed by atoms with van der Waals surface area (Å²) >= 11 is 0. The van der Waals surface area contributed by atoms with Crippen molar-refractivity contribution in [1.29, 1.82) is 0 Å². The summed E-state index contributed by atoms with van der Waals surface area (Å²) in [7, 11) is 1.09. The van der Waals surface area contributed by atoms with Crippen LogP contribution in [0.25, 0.3) is 0 Å². The summed E-state index contributed by atoms with van der Waals surface area (Å²) in [4.78, 5) is 59.2. The Balaban J connectivity index is 3.63. The molecule has 1 amide bonds. The molecular weight excluding hydrogens is 442 g/mol. The van der Waals surface area contributed by atoms with Gasteiger partial charge in [-0.1, -0.05) is 6.08 Å². The van der Waals surface area contributed by atoms with Gasteiger partial charge in [0.2, 0.25) is 11.7 Å². The molecule has 0 saturated carbocycles. The SMILES string of the molecule is C=CCC1=C(C(=O)OC)O[C@@H]([C@H](OC(C)=O)[C@@H](COC(C)=O)OC(C)=O)[C@H](NC(C)=O)[C@H]1O. The van der Waals surface area contributed by atoms with Crippen LogP contribution in [0, 0.1) is 0 Å². The van der Waals surface area contributed by atoms with E-state index in [0.29, 0.717) is 0 Å². The number of nitrogens with one attached hydrogen (secondary N) is 1. The largest absolute Gasteiger partial charge is 0.477 e. The number of ether oxygens (including phenoxy) is 5. The van der Waals surface area contributed by atoms with Crippen molar-refractivity contribution in [3.8, 4) is 0 Å². The fourth-order valence-electron chi connectivity index (χ4n) is 3.28. The van der Waals surface area contributed by atoms with Crippen LogP contribution in [0.4, 0.5) is 0 Å².